The molecular weight excluding hydrogens is 290 g/mol. The largest absolute Gasteiger partial charge is 0.493 e. The van der Waals surface area contributed by atoms with Crippen LogP contribution in [0, 0.1) is 0 Å². The Morgan fingerprint density at radius 1 is 1.04 bits per heavy atom. The van der Waals surface area contributed by atoms with Crippen LogP contribution in [0.2, 0.25) is 0 Å². The molecule has 2 aliphatic rings. The Morgan fingerprint density at radius 3 is 2.26 bits per heavy atom. The van der Waals surface area contributed by atoms with Gasteiger partial charge < -0.3 is 19.1 Å². The summed E-state index contributed by atoms with van der Waals surface area (Å²) in [6, 6.07) is 2.69. The average Bonchev–Trinajstić information content (AvgIpc) is 2.53. The lowest BCUT2D eigenvalue weighted by molar-refractivity contribution is 0.0576. The van der Waals surface area contributed by atoms with E-state index in [1.807, 2.05) is 0 Å². The summed E-state index contributed by atoms with van der Waals surface area (Å²) in [6.45, 7) is 8.16. The topological polar surface area (TPSA) is 30.9 Å². The van der Waals surface area contributed by atoms with Crippen molar-refractivity contribution in [2.24, 2.45) is 0 Å². The molecule has 1 saturated heterocycles. The summed E-state index contributed by atoms with van der Waals surface area (Å²) in [5, 5.41) is 0. The molecule has 3 rings (SSSR count). The molecule has 0 aromatic heterocycles. The van der Waals surface area contributed by atoms with Crippen LogP contribution in [0.5, 0.6) is 17.2 Å². The number of likely N-dealkylation sites (tertiary alicyclic amines) is 1. The Bertz CT molecular complexity index is 626. The van der Waals surface area contributed by atoms with Crippen LogP contribution in [-0.4, -0.2) is 45.9 Å². The Hall–Kier alpha value is -1.42. The molecule has 0 radical (unpaired) electrons. The first-order valence-electron chi connectivity index (χ1n) is 8.34. The predicted octanol–water partition coefficient (Wildman–Crippen LogP) is 3.36. The van der Waals surface area contributed by atoms with E-state index >= 15 is 0 Å². The summed E-state index contributed by atoms with van der Waals surface area (Å²) < 4.78 is 17.1. The molecule has 1 fully saturated rings. The summed E-state index contributed by atoms with van der Waals surface area (Å²) in [6.07, 6.45) is 2.28. The lowest BCUT2D eigenvalue weighted by Gasteiger charge is -2.56. The van der Waals surface area contributed by atoms with Crippen molar-refractivity contribution < 1.29 is 14.2 Å². The monoisotopic (exact) mass is 319 g/mol. The predicted molar refractivity (Wildman–Crippen MR) is 92.1 cm³/mol. The molecule has 1 aliphatic carbocycles. The molecule has 4 nitrogen and oxygen atoms in total. The van der Waals surface area contributed by atoms with Crippen molar-refractivity contribution in [2.45, 2.75) is 50.5 Å². The summed E-state index contributed by atoms with van der Waals surface area (Å²) in [7, 11) is 7.35. The molecule has 2 bridgehead atoms. The van der Waals surface area contributed by atoms with Gasteiger partial charge in [-0.25, -0.2) is 0 Å². The van der Waals surface area contributed by atoms with Crippen molar-refractivity contribution in [3.63, 3.8) is 0 Å². The van der Waals surface area contributed by atoms with Gasteiger partial charge in [0, 0.05) is 17.0 Å². The van der Waals surface area contributed by atoms with Crippen molar-refractivity contribution >= 4 is 0 Å². The van der Waals surface area contributed by atoms with E-state index in [0.717, 1.165) is 30.9 Å². The van der Waals surface area contributed by atoms with Crippen molar-refractivity contribution in [3.8, 4) is 17.2 Å². The third-order valence-electron chi connectivity index (χ3n) is 6.15. The molecule has 0 N–H and O–H groups in total. The highest BCUT2D eigenvalue weighted by Gasteiger charge is 2.52. The molecule has 0 spiro atoms. The summed E-state index contributed by atoms with van der Waals surface area (Å²) >= 11 is 0. The number of ether oxygens (including phenoxy) is 3. The van der Waals surface area contributed by atoms with Crippen LogP contribution in [0.4, 0.5) is 0 Å². The number of methoxy groups -OCH3 is 3. The second-order valence-corrected chi connectivity index (χ2v) is 7.80. The fourth-order valence-electron chi connectivity index (χ4n) is 4.74. The average molecular weight is 319 g/mol. The molecule has 0 saturated carbocycles. The van der Waals surface area contributed by atoms with Gasteiger partial charge in [0.05, 0.1) is 21.3 Å². The molecule has 1 aromatic rings. The minimum atomic E-state index is 0.0385. The van der Waals surface area contributed by atoms with Crippen molar-refractivity contribution in [3.05, 3.63) is 17.2 Å². The number of fused-ring (bicyclic) bond motifs is 4. The lowest BCUT2D eigenvalue weighted by atomic mass is 9.56. The Kier molecular flexibility index (Phi) is 3.79. The van der Waals surface area contributed by atoms with Crippen molar-refractivity contribution in [1.82, 2.24) is 4.90 Å². The molecule has 2 atom stereocenters. The van der Waals surface area contributed by atoms with E-state index in [1.54, 1.807) is 21.3 Å². The Labute approximate surface area is 139 Å². The van der Waals surface area contributed by atoms with E-state index in [0.29, 0.717) is 11.8 Å². The van der Waals surface area contributed by atoms with Gasteiger partial charge in [0.2, 0.25) is 5.75 Å². The SMILES string of the molecule is COc1cc2c(c(OC)c1OC)C1(C)CCN(C)C(C1)C2(C)C. The Morgan fingerprint density at radius 2 is 1.70 bits per heavy atom. The highest BCUT2D eigenvalue weighted by Crippen LogP contribution is 2.58. The molecule has 4 heteroatoms. The normalized spacial score (nSPS) is 28.9. The van der Waals surface area contributed by atoms with Crippen LogP contribution >= 0.6 is 0 Å². The van der Waals surface area contributed by atoms with Gasteiger partial charge in [0.1, 0.15) is 0 Å². The fourth-order valence-corrected chi connectivity index (χ4v) is 4.74. The number of likely N-dealkylation sites (N-methyl/N-ethyl adjacent to an activating group) is 1. The van der Waals surface area contributed by atoms with E-state index in [1.165, 1.54) is 11.1 Å². The smallest absolute Gasteiger partial charge is 0.203 e. The first-order valence-corrected chi connectivity index (χ1v) is 8.34. The second kappa shape index (κ2) is 5.30. The van der Waals surface area contributed by atoms with Gasteiger partial charge in [0.15, 0.2) is 11.5 Å². The highest BCUT2D eigenvalue weighted by atomic mass is 16.5. The van der Waals surface area contributed by atoms with Crippen LogP contribution < -0.4 is 14.2 Å². The molecule has 1 aliphatic heterocycles. The third kappa shape index (κ3) is 2.14. The molecule has 1 heterocycles. The number of piperidine rings is 1. The second-order valence-electron chi connectivity index (χ2n) is 7.80. The van der Waals surface area contributed by atoms with Gasteiger partial charge in [-0.05, 0) is 43.5 Å². The van der Waals surface area contributed by atoms with Crippen LogP contribution in [0.25, 0.3) is 0 Å². The summed E-state index contributed by atoms with van der Waals surface area (Å²) in [5.41, 5.74) is 2.80. The van der Waals surface area contributed by atoms with E-state index in [9.17, 15) is 0 Å². The molecule has 128 valence electrons. The zero-order valence-corrected chi connectivity index (χ0v) is 15.4. The summed E-state index contributed by atoms with van der Waals surface area (Å²) in [5.74, 6) is 2.31. The summed E-state index contributed by atoms with van der Waals surface area (Å²) in [4.78, 5) is 2.51. The highest BCUT2D eigenvalue weighted by molar-refractivity contribution is 5.64. The van der Waals surface area contributed by atoms with E-state index in [-0.39, 0.29) is 10.8 Å². The minimum Gasteiger partial charge on any atom is -0.493 e. The van der Waals surface area contributed by atoms with Gasteiger partial charge in [-0.15, -0.1) is 0 Å². The molecule has 0 amide bonds. The van der Waals surface area contributed by atoms with Gasteiger partial charge >= 0.3 is 0 Å². The quantitative estimate of drug-likeness (QED) is 0.855. The van der Waals surface area contributed by atoms with Gasteiger partial charge in [-0.1, -0.05) is 20.8 Å². The Balaban J connectivity index is 2.35. The maximum Gasteiger partial charge on any atom is 0.203 e. The maximum atomic E-state index is 5.84. The van der Waals surface area contributed by atoms with E-state index < -0.39 is 0 Å². The zero-order valence-electron chi connectivity index (χ0n) is 15.4. The number of nitrogens with zero attached hydrogens (tertiary/aromatic N) is 1. The first kappa shape index (κ1) is 16.4. The maximum absolute atomic E-state index is 5.84. The van der Waals surface area contributed by atoms with Crippen molar-refractivity contribution in [1.29, 1.82) is 0 Å². The van der Waals surface area contributed by atoms with Crippen molar-refractivity contribution in [2.75, 3.05) is 34.9 Å². The third-order valence-corrected chi connectivity index (χ3v) is 6.15. The number of rotatable bonds is 3. The zero-order chi connectivity index (χ0) is 17.0. The molecule has 23 heavy (non-hydrogen) atoms. The molecule has 1 aromatic carbocycles. The first-order chi connectivity index (χ1) is 10.8. The number of benzene rings is 1. The van der Waals surface area contributed by atoms with Crippen LogP contribution in [0.15, 0.2) is 6.07 Å². The lowest BCUT2D eigenvalue weighted by Crippen LogP contribution is -2.58. The van der Waals surface area contributed by atoms with Gasteiger partial charge in [0.25, 0.3) is 0 Å². The number of hydrogen-bond donors (Lipinski definition) is 0. The van der Waals surface area contributed by atoms with Gasteiger partial charge in [-0.2, -0.15) is 0 Å². The standard InChI is InChI=1S/C19H29NO3/c1-18(2)12-10-13(21-5)16(22-6)17(23-7)15(12)19(3)8-9-20(4)14(18)11-19/h10,14H,8-9,11H2,1-7H3. The van der Waals surface area contributed by atoms with E-state index in [4.69, 9.17) is 14.2 Å². The van der Waals surface area contributed by atoms with Crippen LogP contribution in [0.3, 0.4) is 0 Å². The molecular formula is C19H29NO3. The van der Waals surface area contributed by atoms with Gasteiger partial charge in [-0.3, -0.25) is 0 Å². The molecule has 2 unspecified atom stereocenters. The number of hydrogen-bond acceptors (Lipinski definition) is 4. The fraction of sp³-hybridized carbons (Fsp3) is 0.684. The van der Waals surface area contributed by atoms with Crippen LogP contribution in [0.1, 0.15) is 44.7 Å². The van der Waals surface area contributed by atoms with E-state index in [2.05, 4.69) is 38.8 Å². The minimum absolute atomic E-state index is 0.0385. The van der Waals surface area contributed by atoms with Crippen LogP contribution in [-0.2, 0) is 10.8 Å².